The molecule has 0 radical (unpaired) electrons. The zero-order valence-electron chi connectivity index (χ0n) is 12.1. The van der Waals surface area contributed by atoms with Gasteiger partial charge in [-0.15, -0.1) is 0 Å². The number of rotatable bonds is 4. The van der Waals surface area contributed by atoms with E-state index in [1.807, 2.05) is 38.4 Å². The smallest absolute Gasteiger partial charge is 0.309 e. The maximum absolute atomic E-state index is 12.6. The molecule has 0 unspecified atom stereocenters. The van der Waals surface area contributed by atoms with Crippen LogP contribution < -0.4 is 0 Å². The highest BCUT2D eigenvalue weighted by Crippen LogP contribution is 2.31. The first-order valence-corrected chi connectivity index (χ1v) is 6.77. The summed E-state index contributed by atoms with van der Waals surface area (Å²) < 4.78 is 37.7. The second kappa shape index (κ2) is 6.31. The molecular formula is C17H18F3N. The van der Waals surface area contributed by atoms with E-state index < -0.39 is 11.7 Å². The van der Waals surface area contributed by atoms with Gasteiger partial charge in [0.25, 0.3) is 0 Å². The number of benzene rings is 2. The lowest BCUT2D eigenvalue weighted by molar-refractivity contribution is -0.137. The van der Waals surface area contributed by atoms with E-state index in [0.717, 1.165) is 36.2 Å². The summed E-state index contributed by atoms with van der Waals surface area (Å²) in [6.07, 6.45) is -3.37. The first-order valence-electron chi connectivity index (χ1n) is 6.77. The SMILES string of the molecule is CN(C)CCc1cccc(-c2ccc(C(F)(F)F)cc2)c1. The number of hydrogen-bond acceptors (Lipinski definition) is 1. The second-order valence-corrected chi connectivity index (χ2v) is 5.33. The molecule has 0 aliphatic carbocycles. The summed E-state index contributed by atoms with van der Waals surface area (Å²) in [6.45, 7) is 0.941. The molecule has 4 heteroatoms. The Bertz CT molecular complexity index is 586. The van der Waals surface area contributed by atoms with Crippen LogP contribution in [0.25, 0.3) is 11.1 Å². The quantitative estimate of drug-likeness (QED) is 0.803. The highest BCUT2D eigenvalue weighted by atomic mass is 19.4. The molecule has 0 saturated heterocycles. The average Bonchev–Trinajstić information content (AvgIpc) is 2.45. The standard InChI is InChI=1S/C17H18F3N/c1-21(2)11-10-13-4-3-5-15(12-13)14-6-8-16(9-7-14)17(18,19)20/h3-9,12H,10-11H2,1-2H3. The molecule has 0 fully saturated rings. The van der Waals surface area contributed by atoms with E-state index in [0.29, 0.717) is 0 Å². The lowest BCUT2D eigenvalue weighted by atomic mass is 10.0. The molecule has 2 aromatic carbocycles. The van der Waals surface area contributed by atoms with Crippen molar-refractivity contribution >= 4 is 0 Å². The molecule has 0 amide bonds. The predicted molar refractivity (Wildman–Crippen MR) is 79.1 cm³/mol. The molecule has 0 heterocycles. The molecule has 0 aromatic heterocycles. The van der Waals surface area contributed by atoms with Gasteiger partial charge in [-0.25, -0.2) is 0 Å². The van der Waals surface area contributed by atoms with Crippen LogP contribution in [0.4, 0.5) is 13.2 Å². The van der Waals surface area contributed by atoms with Gasteiger partial charge in [0.15, 0.2) is 0 Å². The molecule has 0 atom stereocenters. The van der Waals surface area contributed by atoms with Crippen molar-refractivity contribution in [1.29, 1.82) is 0 Å². The van der Waals surface area contributed by atoms with Crippen molar-refractivity contribution < 1.29 is 13.2 Å². The topological polar surface area (TPSA) is 3.24 Å². The van der Waals surface area contributed by atoms with E-state index >= 15 is 0 Å². The van der Waals surface area contributed by atoms with Gasteiger partial charge in [-0.2, -0.15) is 13.2 Å². The fourth-order valence-electron chi connectivity index (χ4n) is 2.11. The summed E-state index contributed by atoms with van der Waals surface area (Å²) in [5, 5.41) is 0. The van der Waals surface area contributed by atoms with Crippen LogP contribution in [0.1, 0.15) is 11.1 Å². The largest absolute Gasteiger partial charge is 0.416 e. The van der Waals surface area contributed by atoms with Crippen molar-refractivity contribution in [2.75, 3.05) is 20.6 Å². The van der Waals surface area contributed by atoms with Gasteiger partial charge in [0, 0.05) is 6.54 Å². The van der Waals surface area contributed by atoms with Gasteiger partial charge >= 0.3 is 6.18 Å². The van der Waals surface area contributed by atoms with Crippen molar-refractivity contribution in [1.82, 2.24) is 4.90 Å². The van der Waals surface area contributed by atoms with Crippen LogP contribution >= 0.6 is 0 Å². The summed E-state index contributed by atoms with van der Waals surface area (Å²) >= 11 is 0. The van der Waals surface area contributed by atoms with Gasteiger partial charge in [0.1, 0.15) is 0 Å². The van der Waals surface area contributed by atoms with Crippen LogP contribution in [0.15, 0.2) is 48.5 Å². The van der Waals surface area contributed by atoms with E-state index in [2.05, 4.69) is 4.90 Å². The van der Waals surface area contributed by atoms with Crippen molar-refractivity contribution in [2.24, 2.45) is 0 Å². The Hall–Kier alpha value is -1.81. The molecule has 2 aromatic rings. The fourth-order valence-corrected chi connectivity index (χ4v) is 2.11. The monoisotopic (exact) mass is 293 g/mol. The lowest BCUT2D eigenvalue weighted by Crippen LogP contribution is -2.14. The zero-order valence-corrected chi connectivity index (χ0v) is 12.1. The Morgan fingerprint density at radius 3 is 2.14 bits per heavy atom. The maximum Gasteiger partial charge on any atom is 0.416 e. The molecule has 1 nitrogen and oxygen atoms in total. The number of likely N-dealkylation sites (N-methyl/N-ethyl adjacent to an activating group) is 1. The summed E-state index contributed by atoms with van der Waals surface area (Å²) in [5.74, 6) is 0. The minimum atomic E-state index is -4.29. The van der Waals surface area contributed by atoms with Gasteiger partial charge in [0.05, 0.1) is 5.56 Å². The zero-order chi connectivity index (χ0) is 15.5. The second-order valence-electron chi connectivity index (χ2n) is 5.33. The van der Waals surface area contributed by atoms with Crippen LogP contribution in [0, 0.1) is 0 Å². The Kier molecular flexibility index (Phi) is 4.68. The van der Waals surface area contributed by atoms with Gasteiger partial charge < -0.3 is 4.90 Å². The number of hydrogen-bond donors (Lipinski definition) is 0. The van der Waals surface area contributed by atoms with Crippen LogP contribution in [-0.2, 0) is 12.6 Å². The Labute approximate surface area is 123 Å². The van der Waals surface area contributed by atoms with E-state index in [-0.39, 0.29) is 0 Å². The van der Waals surface area contributed by atoms with Crippen molar-refractivity contribution in [3.63, 3.8) is 0 Å². The highest BCUT2D eigenvalue weighted by Gasteiger charge is 2.29. The van der Waals surface area contributed by atoms with E-state index in [1.165, 1.54) is 17.7 Å². The molecule has 0 spiro atoms. The Balaban J connectivity index is 2.20. The normalized spacial score (nSPS) is 11.9. The predicted octanol–water partition coefficient (Wildman–Crippen LogP) is 4.48. The summed E-state index contributed by atoms with van der Waals surface area (Å²) in [4.78, 5) is 2.10. The first-order chi connectivity index (χ1) is 9.86. The average molecular weight is 293 g/mol. The first kappa shape index (κ1) is 15.6. The molecule has 0 bridgehead atoms. The molecule has 0 saturated carbocycles. The summed E-state index contributed by atoms with van der Waals surface area (Å²) in [7, 11) is 4.03. The van der Waals surface area contributed by atoms with Crippen LogP contribution in [0.2, 0.25) is 0 Å². The molecule has 2 rings (SSSR count). The van der Waals surface area contributed by atoms with Gasteiger partial charge in [-0.05, 0) is 49.3 Å². The van der Waals surface area contributed by atoms with Gasteiger partial charge in [-0.3, -0.25) is 0 Å². The summed E-state index contributed by atoms with van der Waals surface area (Å²) in [5.41, 5.74) is 2.31. The third-order valence-corrected chi connectivity index (χ3v) is 3.32. The third kappa shape index (κ3) is 4.33. The van der Waals surface area contributed by atoms with Crippen LogP contribution in [0.3, 0.4) is 0 Å². The van der Waals surface area contributed by atoms with Gasteiger partial charge in [0.2, 0.25) is 0 Å². The minimum Gasteiger partial charge on any atom is -0.309 e. The highest BCUT2D eigenvalue weighted by molar-refractivity contribution is 5.64. The van der Waals surface area contributed by atoms with Crippen LogP contribution in [0.5, 0.6) is 0 Å². The lowest BCUT2D eigenvalue weighted by Gasteiger charge is -2.11. The molecule has 0 aliphatic rings. The fraction of sp³-hybridized carbons (Fsp3) is 0.294. The Morgan fingerprint density at radius 1 is 0.905 bits per heavy atom. The van der Waals surface area contributed by atoms with Crippen molar-refractivity contribution in [2.45, 2.75) is 12.6 Å². The molecule has 0 N–H and O–H groups in total. The minimum absolute atomic E-state index is 0.616. The molecule has 0 aliphatic heterocycles. The maximum atomic E-state index is 12.6. The molecule has 21 heavy (non-hydrogen) atoms. The molecule has 112 valence electrons. The van der Waals surface area contributed by atoms with Crippen molar-refractivity contribution in [3.8, 4) is 11.1 Å². The van der Waals surface area contributed by atoms with Crippen LogP contribution in [-0.4, -0.2) is 25.5 Å². The summed E-state index contributed by atoms with van der Waals surface area (Å²) in [6, 6.07) is 13.2. The van der Waals surface area contributed by atoms with E-state index in [9.17, 15) is 13.2 Å². The van der Waals surface area contributed by atoms with Gasteiger partial charge in [-0.1, -0.05) is 36.4 Å². The van der Waals surface area contributed by atoms with E-state index in [1.54, 1.807) is 0 Å². The van der Waals surface area contributed by atoms with E-state index in [4.69, 9.17) is 0 Å². The van der Waals surface area contributed by atoms with Crippen molar-refractivity contribution in [3.05, 3.63) is 59.7 Å². The number of alkyl halides is 3. The Morgan fingerprint density at radius 2 is 1.57 bits per heavy atom. The molecular weight excluding hydrogens is 275 g/mol. The number of nitrogens with zero attached hydrogens (tertiary/aromatic N) is 1. The third-order valence-electron chi connectivity index (χ3n) is 3.32. The number of halogens is 3.